The molecule has 0 saturated heterocycles. The van der Waals surface area contributed by atoms with E-state index in [1.165, 1.54) is 18.4 Å². The van der Waals surface area contributed by atoms with Crippen LogP contribution in [0.25, 0.3) is 0 Å². The van der Waals surface area contributed by atoms with Crippen LogP contribution in [0.15, 0.2) is 30.3 Å². The van der Waals surface area contributed by atoms with E-state index >= 15 is 0 Å². The summed E-state index contributed by atoms with van der Waals surface area (Å²) in [5, 5.41) is 12.7. The number of carbonyl (C=O) groups is 1. The van der Waals surface area contributed by atoms with Crippen molar-refractivity contribution in [1.82, 2.24) is 5.32 Å². The topological polar surface area (TPSA) is 49.3 Å². The Kier molecular flexibility index (Phi) is 5.65. The van der Waals surface area contributed by atoms with Crippen LogP contribution in [-0.4, -0.2) is 28.9 Å². The molecule has 2 saturated carbocycles. The molecule has 23 heavy (non-hydrogen) atoms. The summed E-state index contributed by atoms with van der Waals surface area (Å²) in [5.74, 6) is 2.33. The Hall–Kier alpha value is -1.00. The van der Waals surface area contributed by atoms with Crippen molar-refractivity contribution < 1.29 is 9.90 Å². The molecule has 2 aliphatic carbocycles. The van der Waals surface area contributed by atoms with Crippen molar-refractivity contribution in [2.45, 2.75) is 62.8 Å². The lowest BCUT2D eigenvalue weighted by molar-refractivity contribution is -0.123. The summed E-state index contributed by atoms with van der Waals surface area (Å²) in [7, 11) is 0. The van der Waals surface area contributed by atoms with Crippen LogP contribution < -0.4 is 5.32 Å². The van der Waals surface area contributed by atoms with Gasteiger partial charge >= 0.3 is 0 Å². The Morgan fingerprint density at radius 2 is 1.87 bits per heavy atom. The van der Waals surface area contributed by atoms with E-state index in [-0.39, 0.29) is 23.5 Å². The van der Waals surface area contributed by atoms with Gasteiger partial charge in [-0.05, 0) is 55.3 Å². The summed E-state index contributed by atoms with van der Waals surface area (Å²) < 4.78 is 0. The molecule has 1 aromatic carbocycles. The van der Waals surface area contributed by atoms with Crippen LogP contribution in [0.2, 0.25) is 0 Å². The molecule has 2 N–H and O–H groups in total. The third-order valence-corrected chi connectivity index (χ3v) is 6.43. The monoisotopic (exact) mass is 333 g/mol. The molecule has 1 aromatic rings. The van der Waals surface area contributed by atoms with E-state index in [4.69, 9.17) is 0 Å². The first-order valence-corrected chi connectivity index (χ1v) is 9.90. The van der Waals surface area contributed by atoms with Crippen molar-refractivity contribution >= 4 is 17.7 Å². The first kappa shape index (κ1) is 16.8. The molecule has 3 rings (SSSR count). The molecule has 0 spiro atoms. The van der Waals surface area contributed by atoms with Crippen molar-refractivity contribution in [2.24, 2.45) is 5.41 Å². The summed E-state index contributed by atoms with van der Waals surface area (Å²) in [6.45, 7) is 0. The van der Waals surface area contributed by atoms with Gasteiger partial charge in [-0.3, -0.25) is 4.79 Å². The number of amides is 1. The molecule has 0 bridgehead atoms. The highest BCUT2D eigenvalue weighted by molar-refractivity contribution is 7.98. The summed E-state index contributed by atoms with van der Waals surface area (Å²) in [4.78, 5) is 12.3. The second-order valence-corrected chi connectivity index (χ2v) is 8.21. The summed E-state index contributed by atoms with van der Waals surface area (Å²) in [5.41, 5.74) is 1.61. The van der Waals surface area contributed by atoms with Gasteiger partial charge in [-0.15, -0.1) is 0 Å². The van der Waals surface area contributed by atoms with E-state index in [0.717, 1.165) is 37.2 Å². The second kappa shape index (κ2) is 7.71. The quantitative estimate of drug-likeness (QED) is 0.803. The molecule has 0 aromatic heterocycles. The van der Waals surface area contributed by atoms with Crippen LogP contribution in [0.4, 0.5) is 0 Å². The normalized spacial score (nSPS) is 25.8. The van der Waals surface area contributed by atoms with Crippen molar-refractivity contribution in [3.8, 4) is 0 Å². The van der Waals surface area contributed by atoms with Crippen LogP contribution in [0.1, 0.15) is 50.5 Å². The number of carbonyl (C=O) groups excluding carboxylic acids is 1. The van der Waals surface area contributed by atoms with Gasteiger partial charge in [0.25, 0.3) is 0 Å². The number of hydrogen-bond donors (Lipinski definition) is 2. The minimum Gasteiger partial charge on any atom is -0.393 e. The number of benzene rings is 1. The third kappa shape index (κ3) is 5.25. The number of rotatable bonds is 7. The molecular weight excluding hydrogens is 306 g/mol. The van der Waals surface area contributed by atoms with Crippen molar-refractivity contribution in [1.29, 1.82) is 0 Å². The fourth-order valence-electron chi connectivity index (χ4n) is 3.35. The van der Waals surface area contributed by atoms with Crippen molar-refractivity contribution in [3.63, 3.8) is 0 Å². The van der Waals surface area contributed by atoms with Gasteiger partial charge in [0.1, 0.15) is 0 Å². The lowest BCUT2D eigenvalue weighted by Crippen LogP contribution is -2.39. The maximum atomic E-state index is 12.3. The van der Waals surface area contributed by atoms with E-state index in [1.807, 2.05) is 17.8 Å². The molecule has 0 unspecified atom stereocenters. The van der Waals surface area contributed by atoms with Gasteiger partial charge in [0.2, 0.25) is 5.91 Å². The Balaban J connectivity index is 1.37. The Morgan fingerprint density at radius 3 is 2.52 bits per heavy atom. The zero-order valence-corrected chi connectivity index (χ0v) is 14.5. The average Bonchev–Trinajstić information content (AvgIpc) is 3.30. The number of nitrogens with one attached hydrogen (secondary N) is 1. The van der Waals surface area contributed by atoms with Gasteiger partial charge in [-0.1, -0.05) is 30.3 Å². The molecule has 3 nitrogen and oxygen atoms in total. The van der Waals surface area contributed by atoms with Gasteiger partial charge in [-0.25, -0.2) is 0 Å². The molecular formula is C19H27NO2S. The minimum atomic E-state index is -0.160. The largest absolute Gasteiger partial charge is 0.393 e. The smallest absolute Gasteiger partial charge is 0.220 e. The highest BCUT2D eigenvalue weighted by Crippen LogP contribution is 2.51. The highest BCUT2D eigenvalue weighted by atomic mass is 32.2. The van der Waals surface area contributed by atoms with Crippen LogP contribution in [0.5, 0.6) is 0 Å². The number of aliphatic hydroxyl groups is 1. The van der Waals surface area contributed by atoms with Crippen LogP contribution in [0, 0.1) is 5.41 Å². The molecule has 1 amide bonds. The maximum absolute atomic E-state index is 12.3. The maximum Gasteiger partial charge on any atom is 0.220 e. The Morgan fingerprint density at radius 1 is 1.17 bits per heavy atom. The third-order valence-electron chi connectivity index (χ3n) is 5.07. The molecule has 2 aliphatic rings. The van der Waals surface area contributed by atoms with Crippen molar-refractivity contribution in [2.75, 3.05) is 5.75 Å². The molecule has 2 fully saturated rings. The number of thioether (sulfide) groups is 1. The molecule has 0 radical (unpaired) electrons. The molecule has 0 atom stereocenters. The first-order valence-electron chi connectivity index (χ1n) is 8.74. The molecule has 126 valence electrons. The Labute approximate surface area is 143 Å². The fraction of sp³-hybridized carbons (Fsp3) is 0.632. The van der Waals surface area contributed by atoms with E-state index in [0.29, 0.717) is 6.42 Å². The van der Waals surface area contributed by atoms with Crippen LogP contribution in [-0.2, 0) is 10.5 Å². The highest BCUT2D eigenvalue weighted by Gasteiger charge is 2.44. The van der Waals surface area contributed by atoms with Crippen molar-refractivity contribution in [3.05, 3.63) is 35.9 Å². The summed E-state index contributed by atoms with van der Waals surface area (Å²) in [6.07, 6.45) is 6.37. The van der Waals surface area contributed by atoms with Crippen LogP contribution >= 0.6 is 11.8 Å². The number of aliphatic hydroxyl groups excluding tert-OH is 1. The van der Waals surface area contributed by atoms with E-state index in [9.17, 15) is 9.90 Å². The van der Waals surface area contributed by atoms with Crippen LogP contribution in [0.3, 0.4) is 0 Å². The summed E-state index contributed by atoms with van der Waals surface area (Å²) in [6, 6.07) is 10.8. The predicted octanol–water partition coefficient (Wildman–Crippen LogP) is 3.51. The van der Waals surface area contributed by atoms with E-state index in [2.05, 4.69) is 29.6 Å². The lowest BCUT2D eigenvalue weighted by Gasteiger charge is -2.27. The molecule has 0 aliphatic heterocycles. The predicted molar refractivity (Wildman–Crippen MR) is 95.3 cm³/mol. The molecule has 4 heteroatoms. The second-order valence-electron chi connectivity index (χ2n) is 7.23. The van der Waals surface area contributed by atoms with Gasteiger partial charge in [0.05, 0.1) is 6.10 Å². The van der Waals surface area contributed by atoms with E-state index < -0.39 is 0 Å². The minimum absolute atomic E-state index is 0.160. The zero-order chi connectivity index (χ0) is 16.1. The van der Waals surface area contributed by atoms with Gasteiger partial charge in [0, 0.05) is 18.2 Å². The molecule has 0 heterocycles. The SMILES string of the molecule is O=C(CC1(CSCc2ccccc2)CC1)NC1CCC(O)CC1. The van der Waals surface area contributed by atoms with E-state index in [1.54, 1.807) is 0 Å². The zero-order valence-electron chi connectivity index (χ0n) is 13.7. The average molecular weight is 333 g/mol. The lowest BCUT2D eigenvalue weighted by atomic mass is 9.92. The Bertz CT molecular complexity index is 507. The summed E-state index contributed by atoms with van der Waals surface area (Å²) >= 11 is 1.95. The number of hydrogen-bond acceptors (Lipinski definition) is 3. The van der Waals surface area contributed by atoms with Gasteiger partial charge in [-0.2, -0.15) is 11.8 Å². The first-order chi connectivity index (χ1) is 11.2. The standard InChI is InChI=1S/C19H27NO2S/c21-17-8-6-16(7-9-17)20-18(22)12-19(10-11-19)14-23-13-15-4-2-1-3-5-15/h1-5,16-17,21H,6-14H2,(H,20,22). The fourth-order valence-corrected chi connectivity index (χ4v) is 4.70. The van der Waals surface area contributed by atoms with Gasteiger partial charge in [0.15, 0.2) is 0 Å². The van der Waals surface area contributed by atoms with Gasteiger partial charge < -0.3 is 10.4 Å².